The molecular formula is C19H16ClFO. The number of halogens is 2. The molecule has 0 saturated carbocycles. The van der Waals surface area contributed by atoms with Crippen molar-refractivity contribution in [1.82, 2.24) is 0 Å². The third kappa shape index (κ3) is 2.79. The molecule has 1 aliphatic carbocycles. The summed E-state index contributed by atoms with van der Waals surface area (Å²) in [6.07, 6.45) is 3.67. The molecule has 0 bridgehead atoms. The van der Waals surface area contributed by atoms with E-state index in [4.69, 9.17) is 16.3 Å². The van der Waals surface area contributed by atoms with E-state index < -0.39 is 0 Å². The molecule has 0 heterocycles. The molecule has 2 aromatic carbocycles. The lowest BCUT2D eigenvalue weighted by molar-refractivity contribution is 0.308. The van der Waals surface area contributed by atoms with Crippen LogP contribution in [0.15, 0.2) is 60.4 Å². The van der Waals surface area contributed by atoms with Crippen LogP contribution in [0, 0.1) is 5.82 Å². The van der Waals surface area contributed by atoms with E-state index in [1.165, 1.54) is 6.07 Å². The van der Waals surface area contributed by atoms with Crippen LogP contribution in [0.4, 0.5) is 4.39 Å². The lowest BCUT2D eigenvalue weighted by Gasteiger charge is -2.22. The Labute approximate surface area is 134 Å². The molecule has 0 amide bonds. The molecule has 112 valence electrons. The smallest absolute Gasteiger partial charge is 0.130 e. The third-order valence-electron chi connectivity index (χ3n) is 3.82. The molecule has 0 spiro atoms. The molecular weight excluding hydrogens is 299 g/mol. The zero-order valence-electron chi connectivity index (χ0n) is 12.3. The average molecular weight is 315 g/mol. The highest BCUT2D eigenvalue weighted by molar-refractivity contribution is 6.30. The quantitative estimate of drug-likeness (QED) is 0.704. The highest BCUT2D eigenvalue weighted by Crippen LogP contribution is 2.39. The minimum absolute atomic E-state index is 0.207. The Morgan fingerprint density at radius 2 is 1.77 bits per heavy atom. The van der Waals surface area contributed by atoms with E-state index in [1.54, 1.807) is 13.2 Å². The molecule has 0 saturated heterocycles. The number of rotatable bonds is 3. The van der Waals surface area contributed by atoms with Crippen LogP contribution in [0.25, 0.3) is 11.1 Å². The van der Waals surface area contributed by atoms with E-state index in [2.05, 4.69) is 0 Å². The molecule has 22 heavy (non-hydrogen) atoms. The molecule has 1 aliphatic rings. The Hall–Kier alpha value is -2.06. The summed E-state index contributed by atoms with van der Waals surface area (Å²) < 4.78 is 19.8. The molecule has 0 fully saturated rings. The van der Waals surface area contributed by atoms with Gasteiger partial charge in [-0.1, -0.05) is 41.9 Å². The summed E-state index contributed by atoms with van der Waals surface area (Å²) in [5, 5.41) is 0.676. The van der Waals surface area contributed by atoms with Crippen LogP contribution in [0.3, 0.4) is 0 Å². The van der Waals surface area contributed by atoms with Crippen molar-refractivity contribution in [2.75, 3.05) is 7.11 Å². The first kappa shape index (κ1) is 14.9. The van der Waals surface area contributed by atoms with Gasteiger partial charge in [-0.3, -0.25) is 0 Å². The van der Waals surface area contributed by atoms with Gasteiger partial charge in [0.25, 0.3) is 0 Å². The summed E-state index contributed by atoms with van der Waals surface area (Å²) >= 11 is 5.98. The Bertz CT molecular complexity index is 744. The van der Waals surface area contributed by atoms with Gasteiger partial charge in [-0.2, -0.15) is 0 Å². The summed E-state index contributed by atoms with van der Waals surface area (Å²) in [6, 6.07) is 14.4. The Morgan fingerprint density at radius 3 is 2.45 bits per heavy atom. The average Bonchev–Trinajstić information content (AvgIpc) is 2.55. The predicted molar refractivity (Wildman–Crippen MR) is 89.0 cm³/mol. The van der Waals surface area contributed by atoms with Crippen molar-refractivity contribution < 1.29 is 9.13 Å². The predicted octanol–water partition coefficient (Wildman–Crippen LogP) is 5.71. The molecule has 0 aliphatic heterocycles. The third-order valence-corrected chi connectivity index (χ3v) is 4.08. The second-order valence-corrected chi connectivity index (χ2v) is 5.59. The van der Waals surface area contributed by atoms with Crippen molar-refractivity contribution in [1.29, 1.82) is 0 Å². The van der Waals surface area contributed by atoms with Crippen LogP contribution >= 0.6 is 11.6 Å². The van der Waals surface area contributed by atoms with Crippen LogP contribution in [0.2, 0.25) is 5.02 Å². The van der Waals surface area contributed by atoms with E-state index in [9.17, 15) is 4.39 Å². The van der Waals surface area contributed by atoms with Gasteiger partial charge in [0, 0.05) is 16.2 Å². The van der Waals surface area contributed by atoms with E-state index in [1.807, 2.05) is 42.5 Å². The topological polar surface area (TPSA) is 9.23 Å². The summed E-state index contributed by atoms with van der Waals surface area (Å²) in [7, 11) is 1.64. The molecule has 0 unspecified atom stereocenters. The van der Waals surface area contributed by atoms with E-state index >= 15 is 0 Å². The number of methoxy groups -OCH3 is 1. The van der Waals surface area contributed by atoms with E-state index in [0.29, 0.717) is 10.6 Å². The van der Waals surface area contributed by atoms with Crippen molar-refractivity contribution in [3.8, 4) is 0 Å². The van der Waals surface area contributed by atoms with Crippen LogP contribution in [0.1, 0.15) is 24.0 Å². The van der Waals surface area contributed by atoms with Gasteiger partial charge in [0.15, 0.2) is 0 Å². The van der Waals surface area contributed by atoms with Crippen LogP contribution in [-0.2, 0) is 4.74 Å². The second-order valence-electron chi connectivity index (χ2n) is 5.15. The number of ether oxygens (including phenoxy) is 1. The van der Waals surface area contributed by atoms with Gasteiger partial charge in [0.05, 0.1) is 7.11 Å². The van der Waals surface area contributed by atoms with Gasteiger partial charge < -0.3 is 4.74 Å². The highest BCUT2D eigenvalue weighted by atomic mass is 35.5. The number of allylic oxidation sites excluding steroid dienone is 3. The van der Waals surface area contributed by atoms with Gasteiger partial charge in [-0.25, -0.2) is 4.39 Å². The van der Waals surface area contributed by atoms with Gasteiger partial charge in [0.2, 0.25) is 0 Å². The Balaban J connectivity index is 2.22. The molecule has 0 N–H and O–H groups in total. The molecule has 3 heteroatoms. The maximum atomic E-state index is 14.2. The van der Waals surface area contributed by atoms with Crippen molar-refractivity contribution >= 4 is 22.7 Å². The standard InChI is InChI=1S/C19H16ClFO/c1-22-18-8-4-6-16(15-5-2-3-7-17(15)21)19(18)13-9-11-14(20)12-10-13/h2-3,5,7-12H,4,6H2,1H3. The summed E-state index contributed by atoms with van der Waals surface area (Å²) in [5.74, 6) is 0.577. The molecule has 0 aromatic heterocycles. The lowest BCUT2D eigenvalue weighted by Crippen LogP contribution is -2.04. The van der Waals surface area contributed by atoms with Crippen LogP contribution in [-0.4, -0.2) is 7.11 Å². The van der Waals surface area contributed by atoms with Crippen LogP contribution < -0.4 is 0 Å². The minimum Gasteiger partial charge on any atom is -0.496 e. The molecule has 0 atom stereocenters. The fourth-order valence-electron chi connectivity index (χ4n) is 2.82. The second kappa shape index (κ2) is 6.37. The first-order chi connectivity index (χ1) is 10.7. The van der Waals surface area contributed by atoms with Gasteiger partial charge >= 0.3 is 0 Å². The van der Waals surface area contributed by atoms with Gasteiger partial charge in [-0.15, -0.1) is 0 Å². The molecule has 0 radical (unpaired) electrons. The zero-order valence-corrected chi connectivity index (χ0v) is 13.0. The maximum Gasteiger partial charge on any atom is 0.130 e. The van der Waals surface area contributed by atoms with Gasteiger partial charge in [-0.05, 0) is 48.3 Å². The fraction of sp³-hybridized carbons (Fsp3) is 0.158. The highest BCUT2D eigenvalue weighted by Gasteiger charge is 2.21. The van der Waals surface area contributed by atoms with Crippen molar-refractivity contribution in [3.05, 3.63) is 82.3 Å². The molecule has 2 aromatic rings. The number of benzene rings is 2. The fourth-order valence-corrected chi connectivity index (χ4v) is 2.94. The van der Waals surface area contributed by atoms with E-state index in [-0.39, 0.29) is 5.82 Å². The Morgan fingerprint density at radius 1 is 1.05 bits per heavy atom. The van der Waals surface area contributed by atoms with Crippen molar-refractivity contribution in [2.45, 2.75) is 12.8 Å². The first-order valence-corrected chi connectivity index (χ1v) is 7.57. The molecule has 3 rings (SSSR count). The van der Waals surface area contributed by atoms with Crippen LogP contribution in [0.5, 0.6) is 0 Å². The summed E-state index contributed by atoms with van der Waals surface area (Å²) in [5.41, 5.74) is 3.53. The summed E-state index contributed by atoms with van der Waals surface area (Å²) in [6.45, 7) is 0. The van der Waals surface area contributed by atoms with Crippen molar-refractivity contribution in [2.24, 2.45) is 0 Å². The lowest BCUT2D eigenvalue weighted by atomic mass is 9.86. The number of hydrogen-bond donors (Lipinski definition) is 0. The maximum absolute atomic E-state index is 14.2. The monoisotopic (exact) mass is 314 g/mol. The Kier molecular flexibility index (Phi) is 4.30. The number of hydrogen-bond acceptors (Lipinski definition) is 1. The van der Waals surface area contributed by atoms with E-state index in [0.717, 1.165) is 35.3 Å². The first-order valence-electron chi connectivity index (χ1n) is 7.19. The molecule has 1 nitrogen and oxygen atoms in total. The minimum atomic E-state index is -0.207. The SMILES string of the molecule is COC1=CCCC(c2ccccc2F)=C1c1ccc(Cl)cc1. The van der Waals surface area contributed by atoms with Crippen molar-refractivity contribution in [3.63, 3.8) is 0 Å². The zero-order chi connectivity index (χ0) is 15.5. The summed E-state index contributed by atoms with van der Waals surface area (Å²) in [4.78, 5) is 0. The normalized spacial score (nSPS) is 14.8. The van der Waals surface area contributed by atoms with Gasteiger partial charge in [0.1, 0.15) is 11.6 Å². The largest absolute Gasteiger partial charge is 0.496 e.